The minimum atomic E-state index is -0.968. The summed E-state index contributed by atoms with van der Waals surface area (Å²) < 4.78 is 0. The third-order valence-corrected chi connectivity index (χ3v) is 1.12. The summed E-state index contributed by atoms with van der Waals surface area (Å²) in [6.45, 7) is 3.08. The third-order valence-electron chi connectivity index (χ3n) is 1.12. The first-order valence-electron chi connectivity index (χ1n) is 4.03. The molecule has 0 aliphatic rings. The number of carboxylic acids is 1. The summed E-state index contributed by atoms with van der Waals surface area (Å²) in [6, 6.07) is 0. The van der Waals surface area contributed by atoms with Crippen LogP contribution in [0.1, 0.15) is 12.8 Å². The number of carboxylic acid groups (broad SMARTS) is 1. The van der Waals surface area contributed by atoms with Crippen LogP contribution in [-0.2, 0) is 14.5 Å². The molecule has 5 N–H and O–H groups in total. The maximum Gasteiger partial charge on any atom is 0.344 e. The Morgan fingerprint density at radius 2 is 2.00 bits per heavy atom. The highest BCUT2D eigenvalue weighted by atomic mass is 17.1. The van der Waals surface area contributed by atoms with Gasteiger partial charge in [-0.2, -0.15) is 5.26 Å². The monoisotopic (exact) mass is 221 g/mol. The summed E-state index contributed by atoms with van der Waals surface area (Å²) in [7, 11) is 0. The van der Waals surface area contributed by atoms with E-state index in [2.05, 4.69) is 17.2 Å². The van der Waals surface area contributed by atoms with Gasteiger partial charge in [0.1, 0.15) is 0 Å². The molecule has 15 heavy (non-hydrogen) atoms. The van der Waals surface area contributed by atoms with Gasteiger partial charge in [0.2, 0.25) is 0 Å². The van der Waals surface area contributed by atoms with Crippen LogP contribution in [0.25, 0.3) is 0 Å². The minimum absolute atomic E-state index is 0.206. The predicted molar refractivity (Wildman–Crippen MR) is 50.8 cm³/mol. The Kier molecular flexibility index (Phi) is 11.4. The fourth-order valence-corrected chi connectivity index (χ4v) is 0.505. The first kappa shape index (κ1) is 16.0. The first-order chi connectivity index (χ1) is 6.97. The number of rotatable bonds is 5. The van der Waals surface area contributed by atoms with Crippen LogP contribution in [-0.4, -0.2) is 40.1 Å². The van der Waals surface area contributed by atoms with Crippen molar-refractivity contribution in [2.75, 3.05) is 6.54 Å². The second-order valence-electron chi connectivity index (χ2n) is 2.44. The summed E-state index contributed by atoms with van der Waals surface area (Å²) >= 11 is 0. The molecular weight excluding hydrogens is 206 g/mol. The molecule has 0 aliphatic carbocycles. The lowest BCUT2D eigenvalue weighted by Crippen LogP contribution is -2.13. The summed E-state index contributed by atoms with van der Waals surface area (Å²) in [5.74, 6) is -1.81. The van der Waals surface area contributed by atoms with Crippen LogP contribution >= 0.6 is 0 Å². The van der Waals surface area contributed by atoms with E-state index < -0.39 is 18.0 Å². The highest BCUT2D eigenvalue weighted by molar-refractivity contribution is 5.69. The van der Waals surface area contributed by atoms with Gasteiger partial charge in [0, 0.05) is 0 Å². The fraction of sp³-hybridized carbons (Fsp3) is 0.500. The smallest absolute Gasteiger partial charge is 0.344 e. The molecule has 0 aromatic rings. The zero-order valence-electron chi connectivity index (χ0n) is 8.13. The maximum atomic E-state index is 10.2. The van der Waals surface area contributed by atoms with Crippen molar-refractivity contribution in [3.63, 3.8) is 0 Å². The molecule has 0 amide bonds. The van der Waals surface area contributed by atoms with E-state index >= 15 is 0 Å². The average molecular weight is 221 g/mol. The SMILES string of the molecule is C=CCC(O)CC(=O)OO.NCC(=O)O. The van der Waals surface area contributed by atoms with Crippen molar-refractivity contribution in [1.82, 2.24) is 0 Å². The predicted octanol–water partition coefficient (Wildman–Crippen LogP) is -0.641. The number of aliphatic carboxylic acids is 1. The molecule has 0 aromatic carbocycles. The van der Waals surface area contributed by atoms with Gasteiger partial charge < -0.3 is 20.8 Å². The van der Waals surface area contributed by atoms with Crippen LogP contribution in [0.3, 0.4) is 0 Å². The van der Waals surface area contributed by atoms with Gasteiger partial charge in [-0.25, -0.2) is 4.79 Å². The molecule has 0 bridgehead atoms. The van der Waals surface area contributed by atoms with Crippen LogP contribution < -0.4 is 5.73 Å². The Hall–Kier alpha value is -1.44. The first-order valence-corrected chi connectivity index (χ1v) is 4.03. The second kappa shape index (κ2) is 10.6. The minimum Gasteiger partial charge on any atom is -0.480 e. The zero-order valence-corrected chi connectivity index (χ0v) is 8.13. The highest BCUT2D eigenvalue weighted by Crippen LogP contribution is 1.98. The Morgan fingerprint density at radius 3 is 2.27 bits per heavy atom. The Bertz CT molecular complexity index is 205. The van der Waals surface area contributed by atoms with Crippen molar-refractivity contribution in [2.45, 2.75) is 18.9 Å². The van der Waals surface area contributed by atoms with E-state index in [-0.39, 0.29) is 13.0 Å². The molecule has 0 spiro atoms. The third kappa shape index (κ3) is 15.3. The van der Waals surface area contributed by atoms with Gasteiger partial charge in [-0.1, -0.05) is 6.08 Å². The van der Waals surface area contributed by atoms with Gasteiger partial charge in [-0.05, 0) is 6.42 Å². The lowest BCUT2D eigenvalue weighted by Gasteiger charge is -2.02. The van der Waals surface area contributed by atoms with Gasteiger partial charge in [0.25, 0.3) is 0 Å². The number of carbonyl (C=O) groups excluding carboxylic acids is 1. The standard InChI is InChI=1S/C6H10O4.C2H5NO2/c1-2-3-5(7)4-6(8)10-9;3-1-2(4)5/h2,5,7,9H,1,3-4H2;1,3H2,(H,4,5). The normalized spacial score (nSPS) is 10.6. The molecule has 0 saturated heterocycles. The molecule has 0 rings (SSSR count). The molecule has 7 heteroatoms. The number of hydrogen-bond donors (Lipinski definition) is 4. The van der Waals surface area contributed by atoms with Crippen LogP contribution in [0.5, 0.6) is 0 Å². The molecule has 0 fully saturated rings. The van der Waals surface area contributed by atoms with Crippen LogP contribution in [0, 0.1) is 0 Å². The highest BCUT2D eigenvalue weighted by Gasteiger charge is 2.09. The van der Waals surface area contributed by atoms with E-state index in [0.717, 1.165) is 0 Å². The fourth-order valence-electron chi connectivity index (χ4n) is 0.505. The Balaban J connectivity index is 0. The Morgan fingerprint density at radius 1 is 1.53 bits per heavy atom. The van der Waals surface area contributed by atoms with Crippen molar-refractivity contribution in [3.05, 3.63) is 12.7 Å². The summed E-state index contributed by atoms with van der Waals surface area (Å²) in [5.41, 5.74) is 4.57. The lowest BCUT2D eigenvalue weighted by molar-refractivity contribution is -0.235. The van der Waals surface area contributed by atoms with Gasteiger partial charge in [-0.15, -0.1) is 6.58 Å². The van der Waals surface area contributed by atoms with Crippen LogP contribution in [0.2, 0.25) is 0 Å². The van der Waals surface area contributed by atoms with Gasteiger partial charge in [0.15, 0.2) is 0 Å². The van der Waals surface area contributed by atoms with Crippen molar-refractivity contribution < 1.29 is 29.9 Å². The largest absolute Gasteiger partial charge is 0.480 e. The topological polar surface area (TPSA) is 130 Å². The molecule has 0 saturated carbocycles. The lowest BCUT2D eigenvalue weighted by atomic mass is 10.2. The average Bonchev–Trinajstić information content (AvgIpc) is 2.18. The van der Waals surface area contributed by atoms with Crippen molar-refractivity contribution in [1.29, 1.82) is 0 Å². The maximum absolute atomic E-state index is 10.2. The molecular formula is C8H15NO6. The number of aliphatic hydroxyl groups excluding tert-OH is 1. The van der Waals surface area contributed by atoms with E-state index in [1.54, 1.807) is 0 Å². The summed E-state index contributed by atoms with van der Waals surface area (Å²) in [4.78, 5) is 22.8. The number of carbonyl (C=O) groups is 2. The van der Waals surface area contributed by atoms with E-state index in [4.69, 9.17) is 15.5 Å². The molecule has 0 aromatic heterocycles. The summed E-state index contributed by atoms with van der Waals surface area (Å²) in [6.07, 6.45) is 0.782. The molecule has 0 aliphatic heterocycles. The molecule has 0 heterocycles. The van der Waals surface area contributed by atoms with Crippen molar-refractivity contribution in [3.8, 4) is 0 Å². The molecule has 88 valence electrons. The van der Waals surface area contributed by atoms with Crippen molar-refractivity contribution in [2.24, 2.45) is 5.73 Å². The van der Waals surface area contributed by atoms with E-state index in [1.165, 1.54) is 6.08 Å². The van der Waals surface area contributed by atoms with E-state index in [0.29, 0.717) is 6.42 Å². The number of aliphatic hydroxyl groups is 1. The zero-order chi connectivity index (χ0) is 12.3. The quantitative estimate of drug-likeness (QED) is 0.276. The molecule has 7 nitrogen and oxygen atoms in total. The molecule has 0 radical (unpaired) electrons. The van der Waals surface area contributed by atoms with Crippen LogP contribution in [0.4, 0.5) is 0 Å². The second-order valence-corrected chi connectivity index (χ2v) is 2.44. The van der Waals surface area contributed by atoms with Gasteiger partial charge in [-0.3, -0.25) is 4.79 Å². The summed E-state index contributed by atoms with van der Waals surface area (Å²) in [5, 5.41) is 24.2. The van der Waals surface area contributed by atoms with Gasteiger partial charge in [0.05, 0.1) is 19.1 Å². The van der Waals surface area contributed by atoms with E-state index in [1.807, 2.05) is 0 Å². The van der Waals surface area contributed by atoms with Crippen molar-refractivity contribution >= 4 is 11.9 Å². The molecule has 1 atom stereocenters. The number of hydrogen-bond acceptors (Lipinski definition) is 6. The number of nitrogens with two attached hydrogens (primary N) is 1. The van der Waals surface area contributed by atoms with Crippen LogP contribution in [0.15, 0.2) is 12.7 Å². The van der Waals surface area contributed by atoms with Gasteiger partial charge >= 0.3 is 11.9 Å². The molecule has 1 unspecified atom stereocenters. The Labute approximate surface area is 86.7 Å². The van der Waals surface area contributed by atoms with E-state index in [9.17, 15) is 9.59 Å².